The van der Waals surface area contributed by atoms with E-state index in [1.807, 2.05) is 24.3 Å². The van der Waals surface area contributed by atoms with Gasteiger partial charge in [0.05, 0.1) is 25.2 Å². The van der Waals surface area contributed by atoms with E-state index in [0.29, 0.717) is 25.7 Å². The van der Waals surface area contributed by atoms with Crippen molar-refractivity contribution < 1.29 is 9.47 Å². The lowest BCUT2D eigenvalue weighted by Gasteiger charge is -2.28. The van der Waals surface area contributed by atoms with Gasteiger partial charge in [0.2, 0.25) is 0 Å². The maximum absolute atomic E-state index is 8.62. The predicted molar refractivity (Wildman–Crippen MR) is 83.2 cm³/mol. The molecule has 1 fully saturated rings. The molecule has 0 N–H and O–H groups in total. The molecule has 1 aromatic carbocycles. The predicted octanol–water partition coefficient (Wildman–Crippen LogP) is 4.12. The zero-order valence-electron chi connectivity index (χ0n) is 12.9. The molecule has 1 saturated carbocycles. The summed E-state index contributed by atoms with van der Waals surface area (Å²) in [6.07, 6.45) is 7.20. The van der Waals surface area contributed by atoms with Crippen molar-refractivity contribution in [2.75, 3.05) is 13.2 Å². The number of nitriles is 1. The first-order chi connectivity index (χ1) is 10.3. The molecule has 3 nitrogen and oxygen atoms in total. The number of nitrogens with zero attached hydrogens (tertiary/aromatic N) is 1. The average Bonchev–Trinajstić information content (AvgIpc) is 2.53. The number of hydrogen-bond donors (Lipinski definition) is 0. The smallest absolute Gasteiger partial charge is 0.119 e. The number of ether oxygens (including phenoxy) is 2. The summed E-state index contributed by atoms with van der Waals surface area (Å²) in [5.41, 5.74) is 1.02. The number of hydrogen-bond acceptors (Lipinski definition) is 3. The van der Waals surface area contributed by atoms with Crippen molar-refractivity contribution in [2.24, 2.45) is 5.92 Å². The summed E-state index contributed by atoms with van der Waals surface area (Å²) >= 11 is 0. The van der Waals surface area contributed by atoms with Crippen LogP contribution in [0, 0.1) is 17.2 Å². The van der Waals surface area contributed by atoms with Crippen molar-refractivity contribution >= 4 is 0 Å². The molecule has 2 atom stereocenters. The first-order valence-corrected chi connectivity index (χ1v) is 8.02. The lowest BCUT2D eigenvalue weighted by Crippen LogP contribution is -2.24. The molecule has 0 heterocycles. The highest BCUT2D eigenvalue weighted by molar-refractivity contribution is 5.28. The maximum atomic E-state index is 8.62. The van der Waals surface area contributed by atoms with Crippen LogP contribution < -0.4 is 4.74 Å². The molecule has 0 spiro atoms. The van der Waals surface area contributed by atoms with Gasteiger partial charge in [-0.15, -0.1) is 0 Å². The normalized spacial score (nSPS) is 21.7. The summed E-state index contributed by atoms with van der Waals surface area (Å²) in [7, 11) is 0. The Balaban J connectivity index is 1.64. The summed E-state index contributed by atoms with van der Waals surface area (Å²) in [4.78, 5) is 0. The molecule has 0 aliphatic heterocycles. The van der Waals surface area contributed by atoms with E-state index in [1.165, 1.54) is 32.1 Å². The third-order valence-corrected chi connectivity index (χ3v) is 4.22. The van der Waals surface area contributed by atoms with Gasteiger partial charge in [0.25, 0.3) is 0 Å². The van der Waals surface area contributed by atoms with E-state index >= 15 is 0 Å². The van der Waals surface area contributed by atoms with E-state index in [2.05, 4.69) is 13.0 Å². The van der Waals surface area contributed by atoms with Crippen LogP contribution in [0.1, 0.15) is 44.6 Å². The molecule has 0 bridgehead atoms. The highest BCUT2D eigenvalue weighted by Crippen LogP contribution is 2.28. The topological polar surface area (TPSA) is 42.2 Å². The van der Waals surface area contributed by atoms with Gasteiger partial charge in [-0.25, -0.2) is 0 Å². The minimum absolute atomic E-state index is 0.422. The highest BCUT2D eigenvalue weighted by Gasteiger charge is 2.20. The first kappa shape index (κ1) is 15.9. The van der Waals surface area contributed by atoms with E-state index in [4.69, 9.17) is 14.7 Å². The SMILES string of the molecule is CCC1CCCC(OCCOc2ccc(CC#N)cc2)C1. The summed E-state index contributed by atoms with van der Waals surface area (Å²) in [6.45, 7) is 3.51. The zero-order valence-corrected chi connectivity index (χ0v) is 12.9. The van der Waals surface area contributed by atoms with E-state index in [9.17, 15) is 0 Å². The Kier molecular flexibility index (Phi) is 6.56. The Labute approximate surface area is 127 Å². The van der Waals surface area contributed by atoms with Crippen molar-refractivity contribution in [1.82, 2.24) is 0 Å². The molecule has 21 heavy (non-hydrogen) atoms. The second kappa shape index (κ2) is 8.69. The van der Waals surface area contributed by atoms with Crippen LogP contribution in [0.15, 0.2) is 24.3 Å². The van der Waals surface area contributed by atoms with E-state index in [1.54, 1.807) is 0 Å². The second-order valence-electron chi connectivity index (χ2n) is 5.76. The van der Waals surface area contributed by atoms with Gasteiger partial charge < -0.3 is 9.47 Å². The van der Waals surface area contributed by atoms with Crippen LogP contribution in [0.25, 0.3) is 0 Å². The molecule has 0 radical (unpaired) electrons. The Morgan fingerprint density at radius 3 is 2.71 bits per heavy atom. The van der Waals surface area contributed by atoms with Crippen molar-refractivity contribution in [1.29, 1.82) is 5.26 Å². The van der Waals surface area contributed by atoms with Crippen molar-refractivity contribution in [3.05, 3.63) is 29.8 Å². The Hall–Kier alpha value is -1.53. The van der Waals surface area contributed by atoms with Crippen LogP contribution >= 0.6 is 0 Å². The van der Waals surface area contributed by atoms with E-state index in [-0.39, 0.29) is 0 Å². The third kappa shape index (κ3) is 5.40. The maximum Gasteiger partial charge on any atom is 0.119 e. The molecule has 1 aromatic rings. The molecular weight excluding hydrogens is 262 g/mol. The molecule has 0 saturated heterocycles. The van der Waals surface area contributed by atoms with Gasteiger partial charge in [0.1, 0.15) is 12.4 Å². The Bertz CT molecular complexity index is 449. The van der Waals surface area contributed by atoms with Crippen LogP contribution in [0.3, 0.4) is 0 Å². The van der Waals surface area contributed by atoms with Crippen LogP contribution in [-0.2, 0) is 11.2 Å². The third-order valence-electron chi connectivity index (χ3n) is 4.22. The van der Waals surface area contributed by atoms with E-state index < -0.39 is 0 Å². The monoisotopic (exact) mass is 287 g/mol. The van der Waals surface area contributed by atoms with Gasteiger partial charge in [0.15, 0.2) is 0 Å². The summed E-state index contributed by atoms with van der Waals surface area (Å²) in [5.74, 6) is 1.69. The van der Waals surface area contributed by atoms with Crippen LogP contribution in [0.5, 0.6) is 5.75 Å². The quantitative estimate of drug-likeness (QED) is 0.708. The fourth-order valence-electron chi connectivity index (χ4n) is 2.93. The van der Waals surface area contributed by atoms with Gasteiger partial charge in [-0.2, -0.15) is 5.26 Å². The van der Waals surface area contributed by atoms with Gasteiger partial charge in [-0.05, 0) is 36.5 Å². The fourth-order valence-corrected chi connectivity index (χ4v) is 2.93. The van der Waals surface area contributed by atoms with Gasteiger partial charge >= 0.3 is 0 Å². The average molecular weight is 287 g/mol. The Morgan fingerprint density at radius 1 is 1.19 bits per heavy atom. The van der Waals surface area contributed by atoms with Gasteiger partial charge in [-0.3, -0.25) is 0 Å². The largest absolute Gasteiger partial charge is 0.491 e. The van der Waals surface area contributed by atoms with Crippen molar-refractivity contribution in [2.45, 2.75) is 51.6 Å². The summed E-state index contributed by atoms with van der Waals surface area (Å²) < 4.78 is 11.6. The first-order valence-electron chi connectivity index (χ1n) is 8.02. The minimum Gasteiger partial charge on any atom is -0.491 e. The molecule has 114 valence electrons. The number of benzene rings is 1. The lowest BCUT2D eigenvalue weighted by molar-refractivity contribution is -0.000659. The molecule has 3 heteroatoms. The summed E-state index contributed by atoms with van der Waals surface area (Å²) in [6, 6.07) is 9.85. The molecule has 0 amide bonds. The van der Waals surface area contributed by atoms with E-state index in [0.717, 1.165) is 17.2 Å². The molecule has 0 aromatic heterocycles. The molecule has 1 aliphatic rings. The molecule has 2 unspecified atom stereocenters. The molecule has 2 rings (SSSR count). The van der Waals surface area contributed by atoms with Crippen molar-refractivity contribution in [3.63, 3.8) is 0 Å². The fraction of sp³-hybridized carbons (Fsp3) is 0.611. The minimum atomic E-state index is 0.422. The van der Waals surface area contributed by atoms with Crippen molar-refractivity contribution in [3.8, 4) is 11.8 Å². The highest BCUT2D eigenvalue weighted by atomic mass is 16.5. The lowest BCUT2D eigenvalue weighted by atomic mass is 9.85. The van der Waals surface area contributed by atoms with Crippen LogP contribution in [-0.4, -0.2) is 19.3 Å². The van der Waals surface area contributed by atoms with Gasteiger partial charge in [-0.1, -0.05) is 38.3 Å². The standard InChI is InChI=1S/C18H25NO2/c1-2-15-4-3-5-18(14-15)21-13-12-20-17-8-6-16(7-9-17)10-11-19/h6-9,15,18H,2-5,10,12-14H2,1H3. The number of rotatable bonds is 7. The second-order valence-corrected chi connectivity index (χ2v) is 5.76. The van der Waals surface area contributed by atoms with Crippen LogP contribution in [0.4, 0.5) is 0 Å². The summed E-state index contributed by atoms with van der Waals surface area (Å²) in [5, 5.41) is 8.62. The van der Waals surface area contributed by atoms with Gasteiger partial charge in [0, 0.05) is 0 Å². The van der Waals surface area contributed by atoms with Crippen LogP contribution in [0.2, 0.25) is 0 Å². The molecular formula is C18H25NO2. The Morgan fingerprint density at radius 2 is 2.00 bits per heavy atom. The molecule has 1 aliphatic carbocycles. The zero-order chi connectivity index (χ0) is 14.9.